The lowest BCUT2D eigenvalue weighted by Gasteiger charge is -2.47. The number of aliphatic hydroxyl groups excluding tert-OH is 1. The molecular formula is C26H30N6O3. The fourth-order valence-corrected chi connectivity index (χ4v) is 5.79. The van der Waals surface area contributed by atoms with E-state index in [1.807, 2.05) is 30.9 Å². The number of carbonyl (C=O) groups excluding carboxylic acids is 2. The molecule has 1 atom stereocenters. The Morgan fingerprint density at radius 2 is 2.06 bits per heavy atom. The molecule has 2 aliphatic carbocycles. The Labute approximate surface area is 203 Å². The Kier molecular flexibility index (Phi) is 4.82. The van der Waals surface area contributed by atoms with E-state index in [4.69, 9.17) is 10.9 Å². The molecule has 9 heteroatoms. The first-order valence-corrected chi connectivity index (χ1v) is 12.2. The van der Waals surface area contributed by atoms with Gasteiger partial charge in [-0.3, -0.25) is 14.6 Å². The Morgan fingerprint density at radius 3 is 2.74 bits per heavy atom. The smallest absolute Gasteiger partial charge is 0.274 e. The van der Waals surface area contributed by atoms with Gasteiger partial charge in [-0.15, -0.1) is 0 Å². The van der Waals surface area contributed by atoms with Gasteiger partial charge in [-0.05, 0) is 81.7 Å². The van der Waals surface area contributed by atoms with Crippen LogP contribution in [0.15, 0.2) is 30.6 Å². The molecule has 0 unspecified atom stereocenters. The molecule has 0 spiro atoms. The van der Waals surface area contributed by atoms with Crippen molar-refractivity contribution in [1.82, 2.24) is 24.5 Å². The Hall–Kier alpha value is -3.30. The first-order chi connectivity index (χ1) is 16.7. The number of rotatable bonds is 5. The van der Waals surface area contributed by atoms with Crippen molar-refractivity contribution in [3.63, 3.8) is 0 Å². The van der Waals surface area contributed by atoms with E-state index in [-0.39, 0.29) is 17.9 Å². The van der Waals surface area contributed by atoms with Gasteiger partial charge in [0.2, 0.25) is 0 Å². The molecule has 35 heavy (non-hydrogen) atoms. The molecular weight excluding hydrogens is 444 g/mol. The predicted molar refractivity (Wildman–Crippen MR) is 129 cm³/mol. The molecule has 3 aliphatic rings. The Morgan fingerprint density at radius 1 is 1.31 bits per heavy atom. The first-order valence-electron chi connectivity index (χ1n) is 12.2. The van der Waals surface area contributed by atoms with Crippen LogP contribution in [0.2, 0.25) is 0 Å². The summed E-state index contributed by atoms with van der Waals surface area (Å²) in [6.45, 7) is 6.51. The van der Waals surface area contributed by atoms with Crippen LogP contribution < -0.4 is 5.84 Å². The second kappa shape index (κ2) is 7.60. The maximum absolute atomic E-state index is 13.7. The van der Waals surface area contributed by atoms with Gasteiger partial charge in [-0.1, -0.05) is 0 Å². The van der Waals surface area contributed by atoms with Gasteiger partial charge in [0.15, 0.2) is 5.65 Å². The van der Waals surface area contributed by atoms with E-state index in [1.54, 1.807) is 23.0 Å². The molecule has 1 aliphatic heterocycles. The number of benzene rings is 1. The van der Waals surface area contributed by atoms with Crippen molar-refractivity contribution in [2.75, 3.05) is 0 Å². The molecule has 3 aromatic rings. The molecule has 3 heterocycles. The summed E-state index contributed by atoms with van der Waals surface area (Å²) in [5.41, 5.74) is 3.95. The monoisotopic (exact) mass is 474 g/mol. The van der Waals surface area contributed by atoms with Crippen molar-refractivity contribution < 1.29 is 14.7 Å². The highest BCUT2D eigenvalue weighted by molar-refractivity contribution is 6.06. The number of aliphatic hydroxyl groups is 1. The minimum Gasteiger partial charge on any atom is -0.393 e. The van der Waals surface area contributed by atoms with Gasteiger partial charge in [-0.2, -0.15) is 5.10 Å². The fourth-order valence-electron chi connectivity index (χ4n) is 5.79. The topological polar surface area (TPSA) is 117 Å². The average molecular weight is 475 g/mol. The summed E-state index contributed by atoms with van der Waals surface area (Å²) >= 11 is 0. The molecule has 0 radical (unpaired) electrons. The van der Waals surface area contributed by atoms with E-state index in [2.05, 4.69) is 11.9 Å². The number of aromatic nitrogens is 3. The second-order valence-electron chi connectivity index (χ2n) is 10.7. The largest absolute Gasteiger partial charge is 0.393 e. The van der Waals surface area contributed by atoms with E-state index in [9.17, 15) is 14.7 Å². The van der Waals surface area contributed by atoms with E-state index in [1.165, 1.54) is 17.9 Å². The van der Waals surface area contributed by atoms with Crippen LogP contribution >= 0.6 is 0 Å². The summed E-state index contributed by atoms with van der Waals surface area (Å²) < 4.78 is 1.59. The molecule has 1 aromatic carbocycles. The third-order valence-corrected chi connectivity index (χ3v) is 8.06. The number of amides is 2. The highest BCUT2D eigenvalue weighted by atomic mass is 16.3. The Bertz CT molecular complexity index is 1370. The Balaban J connectivity index is 1.44. The summed E-state index contributed by atoms with van der Waals surface area (Å²) in [6, 6.07) is 5.88. The van der Waals surface area contributed by atoms with Gasteiger partial charge >= 0.3 is 0 Å². The van der Waals surface area contributed by atoms with Gasteiger partial charge in [-0.25, -0.2) is 15.3 Å². The third-order valence-electron chi connectivity index (χ3n) is 8.06. The van der Waals surface area contributed by atoms with Crippen LogP contribution in [0.5, 0.6) is 0 Å². The number of aryl methyl sites for hydroxylation is 1. The number of nitrogens with two attached hydrogens (primary N) is 1. The highest BCUT2D eigenvalue weighted by Gasteiger charge is 2.46. The number of hydrogen-bond acceptors (Lipinski definition) is 6. The summed E-state index contributed by atoms with van der Waals surface area (Å²) in [7, 11) is 0. The van der Waals surface area contributed by atoms with Gasteiger partial charge in [0.05, 0.1) is 11.6 Å². The van der Waals surface area contributed by atoms with Crippen LogP contribution in [0.4, 0.5) is 0 Å². The van der Waals surface area contributed by atoms with Gasteiger partial charge in [0.1, 0.15) is 11.3 Å². The quantitative estimate of drug-likeness (QED) is 0.334. The summed E-state index contributed by atoms with van der Waals surface area (Å²) in [5.74, 6) is 6.61. The summed E-state index contributed by atoms with van der Waals surface area (Å²) in [5, 5.41) is 15.8. The van der Waals surface area contributed by atoms with E-state index >= 15 is 0 Å². The zero-order valence-corrected chi connectivity index (χ0v) is 20.2. The summed E-state index contributed by atoms with van der Waals surface area (Å²) in [4.78, 5) is 33.3. The van der Waals surface area contributed by atoms with Gasteiger partial charge in [0, 0.05) is 36.1 Å². The molecule has 9 nitrogen and oxygen atoms in total. The van der Waals surface area contributed by atoms with Crippen LogP contribution in [0.25, 0.3) is 16.9 Å². The molecule has 2 aromatic heterocycles. The number of hydrogen-bond donors (Lipinski definition) is 2. The van der Waals surface area contributed by atoms with Crippen LogP contribution in [-0.2, 0) is 6.54 Å². The van der Waals surface area contributed by atoms with Crippen LogP contribution in [0, 0.1) is 12.8 Å². The lowest BCUT2D eigenvalue weighted by Crippen LogP contribution is -2.62. The number of carbonyl (C=O) groups is 2. The molecule has 6 rings (SSSR count). The number of nitrogens with zero attached hydrogens (tertiary/aromatic N) is 5. The average Bonchev–Trinajstić information content (AvgIpc) is 3.51. The third kappa shape index (κ3) is 3.36. The van der Waals surface area contributed by atoms with E-state index < -0.39 is 11.6 Å². The van der Waals surface area contributed by atoms with Crippen molar-refractivity contribution in [2.24, 2.45) is 11.8 Å². The minimum absolute atomic E-state index is 0.0843. The molecule has 2 saturated carbocycles. The van der Waals surface area contributed by atoms with Crippen molar-refractivity contribution in [1.29, 1.82) is 0 Å². The van der Waals surface area contributed by atoms with Crippen LogP contribution in [-0.4, -0.2) is 59.1 Å². The zero-order chi connectivity index (χ0) is 24.6. The predicted octanol–water partition coefficient (Wildman–Crippen LogP) is 2.69. The molecule has 2 amide bonds. The van der Waals surface area contributed by atoms with Crippen molar-refractivity contribution in [3.8, 4) is 11.3 Å². The highest BCUT2D eigenvalue weighted by Crippen LogP contribution is 2.41. The molecule has 2 fully saturated rings. The lowest BCUT2D eigenvalue weighted by atomic mass is 9.75. The number of fused-ring (bicyclic) bond motifs is 2. The molecule has 0 saturated heterocycles. The van der Waals surface area contributed by atoms with Gasteiger partial charge < -0.3 is 10.0 Å². The first kappa shape index (κ1) is 22.2. The number of hydrazine groups is 1. The normalized spacial score (nSPS) is 24.4. The van der Waals surface area contributed by atoms with Crippen LogP contribution in [0.3, 0.4) is 0 Å². The van der Waals surface area contributed by atoms with Crippen molar-refractivity contribution >= 4 is 17.5 Å². The zero-order valence-electron chi connectivity index (χ0n) is 20.2. The molecule has 3 N–H and O–H groups in total. The van der Waals surface area contributed by atoms with Crippen molar-refractivity contribution in [2.45, 2.75) is 70.7 Å². The summed E-state index contributed by atoms with van der Waals surface area (Å²) in [6.07, 6.45) is 6.11. The maximum atomic E-state index is 13.7. The SMILES string of the molecule is Cc1cc(-c2nn3cccnc3c2C(=O)N(N)C2(C)CC(O)C2)cc2c1C(=O)N([C@@H](C)C1CC1)C2. The molecule has 182 valence electrons. The van der Waals surface area contributed by atoms with Crippen molar-refractivity contribution in [3.05, 3.63) is 52.8 Å². The lowest BCUT2D eigenvalue weighted by molar-refractivity contribution is -0.0504. The minimum atomic E-state index is -0.628. The van der Waals surface area contributed by atoms with Gasteiger partial charge in [0.25, 0.3) is 11.8 Å². The van der Waals surface area contributed by atoms with E-state index in [0.717, 1.165) is 22.3 Å². The van der Waals surface area contributed by atoms with E-state index in [0.29, 0.717) is 42.2 Å². The standard InChI is InChI=1S/C26H30N6O3/c1-14-9-17(10-18-13-30(24(34)20(14)18)15(2)16-5-6-16)22-21(23-28-7-4-8-31(23)29-22)25(35)32(27)26(3)11-19(33)12-26/h4,7-10,15-16,19,33H,5-6,11-13,27H2,1-3H3/t15-,19?,26?/m0/s1. The molecule has 0 bridgehead atoms. The maximum Gasteiger partial charge on any atom is 0.274 e. The second-order valence-corrected chi connectivity index (χ2v) is 10.7. The van der Waals surface area contributed by atoms with Crippen LogP contribution in [0.1, 0.15) is 71.4 Å². The fraction of sp³-hybridized carbons (Fsp3) is 0.462.